The minimum Gasteiger partial charge on any atom is -0.379 e. The van der Waals surface area contributed by atoms with Gasteiger partial charge in [0.2, 0.25) is 5.91 Å². The summed E-state index contributed by atoms with van der Waals surface area (Å²) in [5.41, 5.74) is 6.29. The molecule has 1 aromatic carbocycles. The number of nitrogens with zero attached hydrogens (tertiary/aromatic N) is 2. The quantitative estimate of drug-likeness (QED) is 0.597. The first-order valence-corrected chi connectivity index (χ1v) is 11.6. The van der Waals surface area contributed by atoms with Crippen molar-refractivity contribution in [1.82, 2.24) is 14.8 Å². The molecule has 2 amide bonds. The van der Waals surface area contributed by atoms with Crippen LogP contribution >= 0.6 is 0 Å². The van der Waals surface area contributed by atoms with E-state index in [-0.39, 0.29) is 11.8 Å². The predicted octanol–water partition coefficient (Wildman–Crippen LogP) is 3.73. The molecule has 7 nitrogen and oxygen atoms in total. The van der Waals surface area contributed by atoms with E-state index >= 15 is 0 Å². The summed E-state index contributed by atoms with van der Waals surface area (Å²) in [6.07, 6.45) is 2.77. The van der Waals surface area contributed by atoms with E-state index in [1.807, 2.05) is 17.9 Å². The Balaban J connectivity index is 1.61. The lowest BCUT2D eigenvalue weighted by molar-refractivity contribution is -0.114. The number of aromatic amines is 1. The first-order valence-electron chi connectivity index (χ1n) is 11.6. The third-order valence-corrected chi connectivity index (χ3v) is 6.61. The Kier molecular flexibility index (Phi) is 6.56. The van der Waals surface area contributed by atoms with E-state index in [1.165, 1.54) is 19.1 Å². The highest BCUT2D eigenvalue weighted by atomic mass is 19.1. The van der Waals surface area contributed by atoms with Crippen LogP contribution in [0.3, 0.4) is 0 Å². The Labute approximate surface area is 194 Å². The van der Waals surface area contributed by atoms with Crippen molar-refractivity contribution in [3.8, 4) is 0 Å². The van der Waals surface area contributed by atoms with Crippen LogP contribution in [0.4, 0.5) is 15.8 Å². The van der Waals surface area contributed by atoms with Crippen molar-refractivity contribution in [3.63, 3.8) is 0 Å². The average Bonchev–Trinajstić information content (AvgIpc) is 3.31. The molecule has 0 unspecified atom stereocenters. The molecule has 0 saturated carbocycles. The fourth-order valence-electron chi connectivity index (χ4n) is 4.74. The summed E-state index contributed by atoms with van der Waals surface area (Å²) in [5.74, 6) is -0.585. The van der Waals surface area contributed by atoms with Crippen molar-refractivity contribution < 1.29 is 14.0 Å². The maximum atomic E-state index is 14.3. The number of hydrogen-bond acceptors (Lipinski definition) is 4. The van der Waals surface area contributed by atoms with Crippen LogP contribution < -0.4 is 10.6 Å². The minimum absolute atomic E-state index is 0.0748. The van der Waals surface area contributed by atoms with Crippen LogP contribution in [0.15, 0.2) is 12.1 Å². The van der Waals surface area contributed by atoms with Crippen LogP contribution in [0.5, 0.6) is 0 Å². The van der Waals surface area contributed by atoms with E-state index in [0.717, 1.165) is 66.3 Å². The van der Waals surface area contributed by atoms with Gasteiger partial charge < -0.3 is 25.4 Å². The number of halogens is 1. The second kappa shape index (κ2) is 9.39. The maximum Gasteiger partial charge on any atom is 0.256 e. The van der Waals surface area contributed by atoms with Gasteiger partial charge in [-0.2, -0.15) is 0 Å². The van der Waals surface area contributed by atoms with Crippen LogP contribution in [-0.4, -0.2) is 65.9 Å². The maximum absolute atomic E-state index is 14.3. The molecule has 0 bridgehead atoms. The van der Waals surface area contributed by atoms with Crippen molar-refractivity contribution in [2.75, 3.05) is 49.9 Å². The Morgan fingerprint density at radius 3 is 2.76 bits per heavy atom. The molecule has 2 aliphatic heterocycles. The number of nitrogens with one attached hydrogen (secondary N) is 3. The summed E-state index contributed by atoms with van der Waals surface area (Å²) in [5, 5.41) is 5.95. The van der Waals surface area contributed by atoms with E-state index in [9.17, 15) is 14.0 Å². The van der Waals surface area contributed by atoms with Gasteiger partial charge in [0, 0.05) is 56.5 Å². The number of likely N-dealkylation sites (N-methyl/N-ethyl adjacent to an activating group) is 1. The number of anilines is 2. The van der Waals surface area contributed by atoms with Gasteiger partial charge in [0.05, 0.1) is 16.9 Å². The molecule has 176 valence electrons. The van der Waals surface area contributed by atoms with Crippen LogP contribution in [0.1, 0.15) is 53.6 Å². The number of amides is 2. The highest BCUT2D eigenvalue weighted by molar-refractivity contribution is 6.03. The topological polar surface area (TPSA) is 80.5 Å². The standard InChI is InChI=1S/C25H32FN5O2/c1-5-30(6-2)9-10-31-8-7-20-23(25(31)33)15(3)21(29-20)11-17-14-27-24-19(17)12-18(26)13-22(24)28-16(4)32/h11-13,27,29H,5-10,14H2,1-4H3,(H,28,32). The SMILES string of the molecule is CCN(CC)CCN1CCc2[nH]c(C=C3CNc4c(NC(C)=O)cc(F)cc43)c(C)c2C1=O. The molecule has 0 radical (unpaired) electrons. The molecular formula is C25H32FN5O2. The highest BCUT2D eigenvalue weighted by Gasteiger charge is 2.29. The molecule has 3 N–H and O–H groups in total. The summed E-state index contributed by atoms with van der Waals surface area (Å²) >= 11 is 0. The number of rotatable bonds is 7. The van der Waals surface area contributed by atoms with Gasteiger partial charge in [-0.25, -0.2) is 4.39 Å². The van der Waals surface area contributed by atoms with E-state index in [4.69, 9.17) is 0 Å². The molecule has 2 aliphatic rings. The molecular weight excluding hydrogens is 421 g/mol. The second-order valence-corrected chi connectivity index (χ2v) is 8.67. The van der Waals surface area contributed by atoms with Crippen LogP contribution in [-0.2, 0) is 11.2 Å². The summed E-state index contributed by atoms with van der Waals surface area (Å²) in [4.78, 5) is 32.4. The molecule has 2 aromatic rings. The third kappa shape index (κ3) is 4.53. The molecule has 0 fully saturated rings. The molecule has 0 aliphatic carbocycles. The number of hydrogen-bond donors (Lipinski definition) is 3. The van der Waals surface area contributed by atoms with Gasteiger partial charge in [0.15, 0.2) is 0 Å². The lowest BCUT2D eigenvalue weighted by Crippen LogP contribution is -2.42. The lowest BCUT2D eigenvalue weighted by atomic mass is 10.0. The van der Waals surface area contributed by atoms with Crippen molar-refractivity contribution in [2.45, 2.75) is 34.1 Å². The number of H-pyrrole nitrogens is 1. The van der Waals surface area contributed by atoms with Gasteiger partial charge in [0.25, 0.3) is 5.91 Å². The zero-order valence-electron chi connectivity index (χ0n) is 19.8. The Morgan fingerprint density at radius 1 is 1.30 bits per heavy atom. The van der Waals surface area contributed by atoms with Gasteiger partial charge in [-0.1, -0.05) is 13.8 Å². The first kappa shape index (κ1) is 23.0. The third-order valence-electron chi connectivity index (χ3n) is 6.61. The number of aromatic nitrogens is 1. The molecule has 4 rings (SSSR count). The van der Waals surface area contributed by atoms with Gasteiger partial charge in [-0.05, 0) is 49.4 Å². The van der Waals surface area contributed by atoms with Gasteiger partial charge in [0.1, 0.15) is 5.82 Å². The largest absolute Gasteiger partial charge is 0.379 e. The van der Waals surface area contributed by atoms with Crippen molar-refractivity contribution in [1.29, 1.82) is 0 Å². The first-order chi connectivity index (χ1) is 15.8. The summed E-state index contributed by atoms with van der Waals surface area (Å²) in [7, 11) is 0. The average molecular weight is 454 g/mol. The second-order valence-electron chi connectivity index (χ2n) is 8.67. The number of carbonyl (C=O) groups is 2. The fraction of sp³-hybridized carbons (Fsp3) is 0.440. The summed E-state index contributed by atoms with van der Waals surface area (Å²) in [6.45, 7) is 12.4. The lowest BCUT2D eigenvalue weighted by Gasteiger charge is -2.29. The Morgan fingerprint density at radius 2 is 2.06 bits per heavy atom. The Bertz CT molecular complexity index is 1120. The number of benzene rings is 1. The number of carbonyl (C=O) groups excluding carboxylic acids is 2. The molecule has 1 aromatic heterocycles. The summed E-state index contributed by atoms with van der Waals surface area (Å²) in [6, 6.07) is 2.80. The predicted molar refractivity (Wildman–Crippen MR) is 130 cm³/mol. The molecule has 8 heteroatoms. The minimum atomic E-state index is -0.409. The summed E-state index contributed by atoms with van der Waals surface area (Å²) < 4.78 is 14.3. The fourth-order valence-corrected chi connectivity index (χ4v) is 4.74. The zero-order valence-corrected chi connectivity index (χ0v) is 19.8. The van der Waals surface area contributed by atoms with Gasteiger partial charge >= 0.3 is 0 Å². The van der Waals surface area contributed by atoms with Crippen molar-refractivity contribution in [2.24, 2.45) is 0 Å². The van der Waals surface area contributed by atoms with E-state index in [1.54, 1.807) is 0 Å². The highest BCUT2D eigenvalue weighted by Crippen LogP contribution is 2.39. The van der Waals surface area contributed by atoms with Crippen LogP contribution in [0.25, 0.3) is 11.6 Å². The van der Waals surface area contributed by atoms with Crippen LogP contribution in [0.2, 0.25) is 0 Å². The molecule has 3 heterocycles. The normalized spacial score (nSPS) is 16.2. The van der Waals surface area contributed by atoms with Gasteiger partial charge in [-0.3, -0.25) is 9.59 Å². The number of fused-ring (bicyclic) bond motifs is 2. The Hall–Kier alpha value is -3.13. The molecule has 0 spiro atoms. The molecule has 33 heavy (non-hydrogen) atoms. The zero-order chi connectivity index (χ0) is 23.7. The van der Waals surface area contributed by atoms with Crippen molar-refractivity contribution >= 4 is 34.8 Å². The molecule has 0 saturated heterocycles. The molecule has 0 atom stereocenters. The van der Waals surface area contributed by atoms with Gasteiger partial charge in [-0.15, -0.1) is 0 Å². The van der Waals surface area contributed by atoms with E-state index in [0.29, 0.717) is 24.5 Å². The van der Waals surface area contributed by atoms with E-state index in [2.05, 4.69) is 34.4 Å². The smallest absolute Gasteiger partial charge is 0.256 e. The van der Waals surface area contributed by atoms with Crippen LogP contribution in [0, 0.1) is 12.7 Å². The van der Waals surface area contributed by atoms with E-state index < -0.39 is 5.82 Å². The van der Waals surface area contributed by atoms with Crippen molar-refractivity contribution in [3.05, 3.63) is 46.0 Å². The monoisotopic (exact) mass is 453 g/mol.